The van der Waals surface area contributed by atoms with Crippen molar-refractivity contribution in [2.45, 2.75) is 44.6 Å². The van der Waals surface area contributed by atoms with Crippen LogP contribution < -0.4 is 5.32 Å². The van der Waals surface area contributed by atoms with Gasteiger partial charge in [0.05, 0.1) is 6.04 Å². The van der Waals surface area contributed by atoms with Crippen LogP contribution >= 0.6 is 11.8 Å². The van der Waals surface area contributed by atoms with Gasteiger partial charge in [-0.1, -0.05) is 91.0 Å². The molecule has 0 aliphatic carbocycles. The van der Waals surface area contributed by atoms with E-state index >= 15 is 0 Å². The number of benzene rings is 3. The quantitative estimate of drug-likeness (QED) is 0.461. The molecular formula is C28H28N2O4S. The first-order chi connectivity index (χ1) is 16.8. The SMILES string of the molecule is CC(C)(C)OC(=O)N[C@@H](c1ccccc1)[C@]1(c2ccccc2)N=C(OCc2ccccc2)SC1=O. The Balaban J connectivity index is 1.77. The minimum atomic E-state index is -1.43. The second kappa shape index (κ2) is 10.4. The molecule has 0 radical (unpaired) electrons. The Hall–Kier alpha value is -3.58. The molecule has 0 bridgehead atoms. The highest BCUT2D eigenvalue weighted by molar-refractivity contribution is 8.26. The molecule has 1 aliphatic rings. The smallest absolute Gasteiger partial charge is 0.408 e. The van der Waals surface area contributed by atoms with Crippen molar-refractivity contribution in [1.82, 2.24) is 5.32 Å². The van der Waals surface area contributed by atoms with Crippen LogP contribution in [0, 0.1) is 0 Å². The largest absolute Gasteiger partial charge is 0.468 e. The Labute approximate surface area is 209 Å². The summed E-state index contributed by atoms with van der Waals surface area (Å²) < 4.78 is 11.5. The maximum atomic E-state index is 13.8. The number of ether oxygens (including phenoxy) is 2. The third-order valence-corrected chi connectivity index (χ3v) is 6.27. The molecule has 1 heterocycles. The van der Waals surface area contributed by atoms with Crippen LogP contribution in [0.2, 0.25) is 0 Å². The average molecular weight is 489 g/mol. The molecule has 35 heavy (non-hydrogen) atoms. The van der Waals surface area contributed by atoms with Gasteiger partial charge < -0.3 is 14.8 Å². The topological polar surface area (TPSA) is 77.0 Å². The van der Waals surface area contributed by atoms with Gasteiger partial charge in [0.2, 0.25) is 5.12 Å². The summed E-state index contributed by atoms with van der Waals surface area (Å²) in [5.74, 6) is 0. The number of carbonyl (C=O) groups is 2. The average Bonchev–Trinajstić information content (AvgIpc) is 3.18. The van der Waals surface area contributed by atoms with Crippen molar-refractivity contribution < 1.29 is 19.1 Å². The van der Waals surface area contributed by atoms with Gasteiger partial charge in [0.1, 0.15) is 12.2 Å². The Morgan fingerprint density at radius 3 is 2.11 bits per heavy atom. The van der Waals surface area contributed by atoms with E-state index in [4.69, 9.17) is 14.5 Å². The standard InChI is InChI=1S/C28H28N2O4S/c1-27(2,3)34-25(32)29-23(21-15-9-5-10-16-21)28(22-17-11-6-12-18-22)24(31)35-26(30-28)33-19-20-13-7-4-8-14-20/h4-18,23H,19H2,1-3H3,(H,29,32)/t23-,28-/m0/s1. The summed E-state index contributed by atoms with van der Waals surface area (Å²) in [5.41, 5.74) is 0.209. The van der Waals surface area contributed by atoms with Crippen molar-refractivity contribution in [3.05, 3.63) is 108 Å². The van der Waals surface area contributed by atoms with E-state index in [1.165, 1.54) is 0 Å². The van der Waals surface area contributed by atoms with Crippen LogP contribution in [0.3, 0.4) is 0 Å². The highest BCUT2D eigenvalue weighted by atomic mass is 32.2. The van der Waals surface area contributed by atoms with Crippen LogP contribution in [0.25, 0.3) is 0 Å². The number of thioether (sulfide) groups is 1. The molecule has 0 fully saturated rings. The summed E-state index contributed by atoms with van der Waals surface area (Å²) in [5, 5.41) is 2.96. The summed E-state index contributed by atoms with van der Waals surface area (Å²) >= 11 is 0.947. The predicted octanol–water partition coefficient (Wildman–Crippen LogP) is 5.99. The fourth-order valence-corrected chi connectivity index (χ4v) is 4.78. The minimum Gasteiger partial charge on any atom is -0.468 e. The van der Waals surface area contributed by atoms with Crippen molar-refractivity contribution >= 4 is 28.2 Å². The monoisotopic (exact) mass is 488 g/mol. The molecule has 6 nitrogen and oxygen atoms in total. The molecular weight excluding hydrogens is 460 g/mol. The van der Waals surface area contributed by atoms with E-state index in [0.717, 1.165) is 22.9 Å². The van der Waals surface area contributed by atoms with Gasteiger partial charge in [-0.05, 0) is 37.5 Å². The van der Waals surface area contributed by atoms with E-state index < -0.39 is 23.3 Å². The van der Waals surface area contributed by atoms with Crippen LogP contribution in [-0.2, 0) is 26.4 Å². The van der Waals surface area contributed by atoms with Gasteiger partial charge in [0.25, 0.3) is 5.23 Å². The lowest BCUT2D eigenvalue weighted by Gasteiger charge is -2.34. The number of hydrogen-bond donors (Lipinski definition) is 1. The summed E-state index contributed by atoms with van der Waals surface area (Å²) in [6, 6.07) is 27.5. The van der Waals surface area contributed by atoms with Gasteiger partial charge in [-0.2, -0.15) is 0 Å². The molecule has 0 saturated heterocycles. The predicted molar refractivity (Wildman–Crippen MR) is 138 cm³/mol. The van der Waals surface area contributed by atoms with Crippen molar-refractivity contribution in [2.24, 2.45) is 4.99 Å². The Kier molecular flexibility index (Phi) is 7.26. The van der Waals surface area contributed by atoms with Crippen LogP contribution in [0.15, 0.2) is 96.0 Å². The van der Waals surface area contributed by atoms with Gasteiger partial charge in [0, 0.05) is 11.8 Å². The molecule has 2 atom stereocenters. The summed E-state index contributed by atoms with van der Waals surface area (Å²) in [4.78, 5) is 31.6. The van der Waals surface area contributed by atoms with Crippen molar-refractivity contribution in [3.8, 4) is 0 Å². The Morgan fingerprint density at radius 1 is 0.943 bits per heavy atom. The van der Waals surface area contributed by atoms with Gasteiger partial charge in [-0.3, -0.25) is 4.79 Å². The number of rotatable bonds is 6. The van der Waals surface area contributed by atoms with E-state index in [9.17, 15) is 9.59 Å². The van der Waals surface area contributed by atoms with Crippen molar-refractivity contribution in [3.63, 3.8) is 0 Å². The van der Waals surface area contributed by atoms with Crippen LogP contribution in [-0.4, -0.2) is 22.0 Å². The van der Waals surface area contributed by atoms with Gasteiger partial charge in [0.15, 0.2) is 5.54 Å². The highest BCUT2D eigenvalue weighted by Gasteiger charge is 2.54. The molecule has 4 rings (SSSR count). The summed E-state index contributed by atoms with van der Waals surface area (Å²) in [6.45, 7) is 5.66. The third kappa shape index (κ3) is 5.74. The van der Waals surface area contributed by atoms with E-state index in [1.807, 2.05) is 91.0 Å². The number of hydrogen-bond acceptors (Lipinski definition) is 6. The zero-order valence-corrected chi connectivity index (χ0v) is 20.7. The second-order valence-electron chi connectivity index (χ2n) is 9.16. The summed E-state index contributed by atoms with van der Waals surface area (Å²) in [7, 11) is 0. The molecule has 3 aromatic rings. The first kappa shape index (κ1) is 24.5. The van der Waals surface area contributed by atoms with Gasteiger partial charge >= 0.3 is 6.09 Å². The molecule has 7 heteroatoms. The Bertz CT molecular complexity index is 1190. The van der Waals surface area contributed by atoms with Crippen LogP contribution in [0.1, 0.15) is 43.5 Å². The lowest BCUT2D eigenvalue weighted by atomic mass is 9.80. The zero-order chi connectivity index (χ0) is 24.9. The minimum absolute atomic E-state index is 0.239. The lowest BCUT2D eigenvalue weighted by molar-refractivity contribution is -0.116. The highest BCUT2D eigenvalue weighted by Crippen LogP contribution is 2.47. The molecule has 1 N–H and O–H groups in total. The van der Waals surface area contributed by atoms with E-state index in [-0.39, 0.29) is 17.0 Å². The normalized spacial score (nSPS) is 18.5. The molecule has 3 aromatic carbocycles. The number of aliphatic imine (C=N–C) groups is 1. The molecule has 1 aliphatic heterocycles. The van der Waals surface area contributed by atoms with E-state index in [1.54, 1.807) is 20.8 Å². The maximum Gasteiger partial charge on any atom is 0.408 e. The number of nitrogens with zero attached hydrogens (tertiary/aromatic N) is 1. The fraction of sp³-hybridized carbons (Fsp3) is 0.250. The summed E-state index contributed by atoms with van der Waals surface area (Å²) in [6.07, 6.45) is -0.631. The maximum absolute atomic E-state index is 13.8. The number of alkyl carbamates (subject to hydrolysis) is 1. The molecule has 0 aromatic heterocycles. The van der Waals surface area contributed by atoms with Crippen molar-refractivity contribution in [1.29, 1.82) is 0 Å². The molecule has 1 amide bonds. The van der Waals surface area contributed by atoms with E-state index in [2.05, 4.69) is 5.32 Å². The van der Waals surface area contributed by atoms with Crippen LogP contribution in [0.4, 0.5) is 4.79 Å². The first-order valence-corrected chi connectivity index (χ1v) is 12.2. The van der Waals surface area contributed by atoms with E-state index in [0.29, 0.717) is 5.56 Å². The zero-order valence-electron chi connectivity index (χ0n) is 19.9. The lowest BCUT2D eigenvalue weighted by Crippen LogP contribution is -2.47. The van der Waals surface area contributed by atoms with Crippen LogP contribution in [0.5, 0.6) is 0 Å². The Morgan fingerprint density at radius 2 is 1.51 bits per heavy atom. The fourth-order valence-electron chi connectivity index (χ4n) is 3.87. The number of amides is 1. The molecule has 0 saturated carbocycles. The molecule has 180 valence electrons. The van der Waals surface area contributed by atoms with Gasteiger partial charge in [-0.25, -0.2) is 9.79 Å². The second-order valence-corrected chi connectivity index (χ2v) is 10.1. The first-order valence-electron chi connectivity index (χ1n) is 11.4. The number of nitrogens with one attached hydrogen (secondary N) is 1. The van der Waals surface area contributed by atoms with Gasteiger partial charge in [-0.15, -0.1) is 0 Å². The molecule has 0 unspecified atom stereocenters. The van der Waals surface area contributed by atoms with Crippen molar-refractivity contribution in [2.75, 3.05) is 0 Å². The third-order valence-electron chi connectivity index (χ3n) is 5.39. The molecule has 0 spiro atoms. The number of carbonyl (C=O) groups excluding carboxylic acids is 2.